The normalized spacial score (nSPS) is 23.4. The van der Waals surface area contributed by atoms with Gasteiger partial charge in [-0.05, 0) is 80.5 Å². The number of ether oxygens (including phenoxy) is 1. The number of imide groups is 2. The predicted molar refractivity (Wildman–Crippen MR) is 212 cm³/mol. The van der Waals surface area contributed by atoms with E-state index in [4.69, 9.17) is 4.74 Å². The highest BCUT2D eigenvalue weighted by atomic mass is 19.1. The average Bonchev–Trinajstić information content (AvgIpc) is 3.78. The van der Waals surface area contributed by atoms with Gasteiger partial charge in [0, 0.05) is 82.4 Å². The Hall–Kier alpha value is -5.84. The number of hydrogen-bond donors (Lipinski definition) is 2. The van der Waals surface area contributed by atoms with Crippen LogP contribution in [-0.2, 0) is 14.3 Å². The van der Waals surface area contributed by atoms with Gasteiger partial charge >= 0.3 is 6.09 Å². The monoisotopic (exact) mass is 794 g/mol. The number of aromatic nitrogens is 2. The largest absolute Gasteiger partial charge is 0.448 e. The van der Waals surface area contributed by atoms with E-state index < -0.39 is 35.5 Å². The number of rotatable bonds is 9. The maximum absolute atomic E-state index is 15.0. The van der Waals surface area contributed by atoms with E-state index in [1.54, 1.807) is 17.0 Å². The number of piperazine rings is 1. The van der Waals surface area contributed by atoms with E-state index in [1.165, 1.54) is 6.20 Å². The van der Waals surface area contributed by atoms with Gasteiger partial charge < -0.3 is 29.7 Å². The number of hydrogen-bond acceptors (Lipinski definition) is 13. The van der Waals surface area contributed by atoms with E-state index in [0.717, 1.165) is 93.5 Å². The van der Waals surface area contributed by atoms with Gasteiger partial charge in [-0.25, -0.2) is 14.2 Å². The Balaban J connectivity index is 0.736. The van der Waals surface area contributed by atoms with Gasteiger partial charge in [-0.3, -0.25) is 34.3 Å². The van der Waals surface area contributed by atoms with Gasteiger partial charge in [0.25, 0.3) is 11.8 Å². The van der Waals surface area contributed by atoms with E-state index in [2.05, 4.69) is 47.4 Å². The highest BCUT2D eigenvalue weighted by Gasteiger charge is 2.45. The first-order valence-corrected chi connectivity index (χ1v) is 20.3. The molecular formula is C41H47FN10O6. The molecule has 17 heteroatoms. The quantitative estimate of drug-likeness (QED) is 0.304. The second-order valence-corrected chi connectivity index (χ2v) is 16.0. The van der Waals surface area contributed by atoms with Crippen molar-refractivity contribution >= 4 is 58.6 Å². The highest BCUT2D eigenvalue weighted by molar-refractivity contribution is 6.23. The van der Waals surface area contributed by atoms with Crippen molar-refractivity contribution in [3.63, 3.8) is 0 Å². The van der Waals surface area contributed by atoms with Crippen molar-refractivity contribution < 1.29 is 33.1 Å². The van der Waals surface area contributed by atoms with Crippen LogP contribution in [0.25, 0.3) is 0 Å². The van der Waals surface area contributed by atoms with Crippen LogP contribution in [0.1, 0.15) is 59.2 Å². The molecule has 1 unspecified atom stereocenters. The van der Waals surface area contributed by atoms with Crippen LogP contribution in [0.4, 0.5) is 38.0 Å². The fourth-order valence-corrected chi connectivity index (χ4v) is 9.25. The van der Waals surface area contributed by atoms with Crippen molar-refractivity contribution in [2.75, 3.05) is 92.1 Å². The lowest BCUT2D eigenvalue weighted by Gasteiger charge is -2.40. The van der Waals surface area contributed by atoms with Crippen LogP contribution in [0.2, 0.25) is 0 Å². The minimum Gasteiger partial charge on any atom is -0.448 e. The Bertz CT molecular complexity index is 2100. The van der Waals surface area contributed by atoms with E-state index >= 15 is 0 Å². The number of cyclic esters (lactones) is 1. The van der Waals surface area contributed by atoms with Gasteiger partial charge in [0.1, 0.15) is 12.6 Å². The second kappa shape index (κ2) is 15.8. The van der Waals surface area contributed by atoms with Crippen LogP contribution in [0.3, 0.4) is 0 Å². The third kappa shape index (κ3) is 7.50. The Labute approximate surface area is 335 Å². The third-order valence-electron chi connectivity index (χ3n) is 12.4. The molecule has 5 amide bonds. The molecule has 16 nitrogen and oxygen atoms in total. The van der Waals surface area contributed by atoms with Crippen LogP contribution in [0, 0.1) is 11.7 Å². The van der Waals surface area contributed by atoms with Crippen molar-refractivity contribution in [1.82, 2.24) is 30.0 Å². The van der Waals surface area contributed by atoms with Crippen LogP contribution in [0.15, 0.2) is 48.7 Å². The zero-order valence-electron chi connectivity index (χ0n) is 32.3. The summed E-state index contributed by atoms with van der Waals surface area (Å²) >= 11 is 0. The molecule has 0 aliphatic carbocycles. The molecule has 0 saturated carbocycles. The molecule has 0 spiro atoms. The van der Waals surface area contributed by atoms with E-state index in [1.807, 2.05) is 23.1 Å². The Morgan fingerprint density at radius 2 is 1.53 bits per heavy atom. The number of amides is 5. The number of anilines is 5. The topological polar surface area (TPSA) is 164 Å². The molecule has 2 N–H and O–H groups in total. The van der Waals surface area contributed by atoms with Crippen molar-refractivity contribution in [3.8, 4) is 0 Å². The summed E-state index contributed by atoms with van der Waals surface area (Å²) in [6, 6.07) is 12.5. The molecule has 304 valence electrons. The van der Waals surface area contributed by atoms with Gasteiger partial charge in [-0.1, -0.05) is 0 Å². The number of piperidine rings is 3. The molecule has 2 atom stereocenters. The Morgan fingerprint density at radius 1 is 0.793 bits per heavy atom. The summed E-state index contributed by atoms with van der Waals surface area (Å²) in [7, 11) is 0. The van der Waals surface area contributed by atoms with Crippen LogP contribution < -0.4 is 25.3 Å². The number of nitrogens with zero attached hydrogens (tertiary/aromatic N) is 8. The first-order chi connectivity index (χ1) is 28.2. The molecular weight excluding hydrogens is 748 g/mol. The summed E-state index contributed by atoms with van der Waals surface area (Å²) in [5.74, 6) is -1.37. The number of nitrogens with one attached hydrogen (secondary N) is 2. The van der Waals surface area contributed by atoms with E-state index in [0.29, 0.717) is 49.2 Å². The van der Waals surface area contributed by atoms with Crippen molar-refractivity contribution in [2.24, 2.45) is 5.92 Å². The average molecular weight is 795 g/mol. The van der Waals surface area contributed by atoms with Gasteiger partial charge in [0.2, 0.25) is 17.8 Å². The minimum atomic E-state index is -0.972. The minimum absolute atomic E-state index is 0.0421. The highest BCUT2D eigenvalue weighted by Crippen LogP contribution is 2.33. The molecule has 5 fully saturated rings. The molecule has 1 aromatic heterocycles. The first-order valence-electron chi connectivity index (χ1n) is 20.3. The van der Waals surface area contributed by atoms with Crippen LogP contribution >= 0.6 is 0 Å². The zero-order chi connectivity index (χ0) is 39.9. The molecule has 3 aromatic rings. The number of carbonyl (C=O) groups excluding carboxylic acids is 5. The number of benzene rings is 2. The van der Waals surface area contributed by atoms with Crippen LogP contribution in [-0.4, -0.2) is 139 Å². The lowest BCUT2D eigenvalue weighted by atomic mass is 9.95. The second-order valence-electron chi connectivity index (χ2n) is 16.0. The summed E-state index contributed by atoms with van der Waals surface area (Å²) in [4.78, 5) is 83.2. The van der Waals surface area contributed by atoms with E-state index in [9.17, 15) is 28.4 Å². The molecule has 58 heavy (non-hydrogen) atoms. The molecule has 0 radical (unpaired) electrons. The number of halogens is 1. The summed E-state index contributed by atoms with van der Waals surface area (Å²) in [6.45, 7) is 8.58. The summed E-state index contributed by atoms with van der Waals surface area (Å²) in [6.07, 6.45) is 4.82. The zero-order valence-corrected chi connectivity index (χ0v) is 32.3. The van der Waals surface area contributed by atoms with E-state index in [-0.39, 0.29) is 30.8 Å². The fraction of sp³-hybridized carbons (Fsp3) is 0.488. The lowest BCUT2D eigenvalue weighted by molar-refractivity contribution is -0.136. The summed E-state index contributed by atoms with van der Waals surface area (Å²) in [5.41, 5.74) is 3.44. The maximum atomic E-state index is 15.0. The van der Waals surface area contributed by atoms with Crippen molar-refractivity contribution in [3.05, 3.63) is 65.6 Å². The third-order valence-corrected chi connectivity index (χ3v) is 12.4. The predicted octanol–water partition coefficient (Wildman–Crippen LogP) is 3.22. The summed E-state index contributed by atoms with van der Waals surface area (Å²) < 4.78 is 20.1. The molecule has 5 saturated heterocycles. The van der Waals surface area contributed by atoms with Crippen molar-refractivity contribution in [1.29, 1.82) is 0 Å². The molecule has 6 aliphatic rings. The molecule has 7 heterocycles. The van der Waals surface area contributed by atoms with Gasteiger partial charge in [0.15, 0.2) is 11.6 Å². The lowest BCUT2D eigenvalue weighted by Crippen LogP contribution is -2.54. The SMILES string of the molecule is O=C1CCC(N2C(=O)c3ccc(N4CCC(CN5CCN(c6ccc(Nc7ncc(F)c(N8CCC[C@@H](N9CCOC9=O)C8)n7)cc6)CC5)CC4)cc3C2=O)C(=O)N1. The maximum Gasteiger partial charge on any atom is 0.410 e. The van der Waals surface area contributed by atoms with Gasteiger partial charge in [0.05, 0.1) is 29.9 Å². The van der Waals surface area contributed by atoms with Gasteiger partial charge in [-0.15, -0.1) is 0 Å². The smallest absolute Gasteiger partial charge is 0.410 e. The molecule has 6 aliphatic heterocycles. The standard InChI is InChI=1S/C41H47FN10O6/c42-33-23-43-40(46-36(33)50-13-1-2-30(25-50)51-20-21-58-41(51)57)44-27-3-5-28(6-4-27)49-18-16-47(17-19-49)24-26-11-14-48(15-12-26)29-7-8-31-32(22-29)39(56)52(38(31)55)34-9-10-35(53)45-37(34)54/h3-8,22-23,26,30,34H,1-2,9-21,24-25H2,(H,43,44,46)(H,45,53,54)/t30-,34?/m1/s1. The molecule has 2 aromatic carbocycles. The Morgan fingerprint density at radius 3 is 2.28 bits per heavy atom. The number of fused-ring (bicyclic) bond motifs is 1. The Kier molecular flexibility index (Phi) is 10.3. The van der Waals surface area contributed by atoms with Gasteiger partial charge in [-0.2, -0.15) is 4.98 Å². The first kappa shape index (κ1) is 37.7. The van der Waals surface area contributed by atoms with Crippen LogP contribution in [0.5, 0.6) is 0 Å². The fourth-order valence-electron chi connectivity index (χ4n) is 9.25. The molecule has 0 bridgehead atoms. The number of carbonyl (C=O) groups is 5. The summed E-state index contributed by atoms with van der Waals surface area (Å²) in [5, 5.41) is 5.47. The van der Waals surface area contributed by atoms with Crippen molar-refractivity contribution in [2.45, 2.75) is 50.6 Å². The molecule has 9 rings (SSSR count).